The minimum absolute atomic E-state index is 0.00232. The molecule has 152 valence electrons. The van der Waals surface area contributed by atoms with Gasteiger partial charge in [-0.15, -0.1) is 0 Å². The molecule has 0 saturated heterocycles. The number of anilines is 1. The molecule has 3 aromatic rings. The Bertz CT molecular complexity index is 1110. The van der Waals surface area contributed by atoms with Crippen LogP contribution in [-0.4, -0.2) is 12.5 Å². The molecule has 0 unspecified atom stereocenters. The number of hydrogen-bond donors (Lipinski definition) is 0. The van der Waals surface area contributed by atoms with E-state index < -0.39 is 0 Å². The summed E-state index contributed by atoms with van der Waals surface area (Å²) in [7, 11) is 0. The number of carbonyl (C=O) groups excluding carboxylic acids is 1. The van der Waals surface area contributed by atoms with E-state index in [0.29, 0.717) is 24.5 Å². The molecule has 1 amide bonds. The van der Waals surface area contributed by atoms with Gasteiger partial charge in [-0.2, -0.15) is 0 Å². The molecule has 0 spiro atoms. The normalized spacial score (nSPS) is 14.3. The van der Waals surface area contributed by atoms with Gasteiger partial charge in [0.2, 0.25) is 0 Å². The molecule has 0 aromatic heterocycles. The number of halogens is 2. The zero-order valence-corrected chi connectivity index (χ0v) is 18.2. The zero-order valence-electron chi connectivity index (χ0n) is 16.6. The molecule has 3 nitrogen and oxygen atoms in total. The first-order valence-corrected chi connectivity index (χ1v) is 10.7. The highest BCUT2D eigenvalue weighted by Crippen LogP contribution is 2.39. The van der Waals surface area contributed by atoms with Crippen LogP contribution in [0.4, 0.5) is 10.1 Å². The molecule has 1 aliphatic heterocycles. The van der Waals surface area contributed by atoms with Crippen LogP contribution in [0.15, 0.2) is 71.2 Å². The van der Waals surface area contributed by atoms with E-state index in [1.165, 1.54) is 12.1 Å². The Balaban J connectivity index is 1.68. The monoisotopic (exact) mass is 465 g/mol. The van der Waals surface area contributed by atoms with Gasteiger partial charge in [-0.05, 0) is 54.5 Å². The number of para-hydroxylation sites is 1. The molecular weight excluding hydrogens is 445 g/mol. The van der Waals surface area contributed by atoms with Gasteiger partial charge >= 0.3 is 0 Å². The molecule has 0 atom stereocenters. The number of rotatable bonds is 6. The van der Waals surface area contributed by atoms with Crippen LogP contribution in [0.2, 0.25) is 0 Å². The molecule has 4 rings (SSSR count). The van der Waals surface area contributed by atoms with E-state index in [1.807, 2.05) is 53.4 Å². The first kappa shape index (κ1) is 20.4. The molecule has 30 heavy (non-hydrogen) atoms. The van der Waals surface area contributed by atoms with Gasteiger partial charge in [0.05, 0.1) is 5.69 Å². The number of nitrogens with zero attached hydrogens (tertiary/aromatic N) is 1. The fourth-order valence-corrected chi connectivity index (χ4v) is 3.93. The summed E-state index contributed by atoms with van der Waals surface area (Å²) in [6.07, 6.45) is 2.78. The van der Waals surface area contributed by atoms with E-state index >= 15 is 0 Å². The van der Waals surface area contributed by atoms with Crippen molar-refractivity contribution in [1.29, 1.82) is 0 Å². The topological polar surface area (TPSA) is 29.5 Å². The fourth-order valence-electron chi connectivity index (χ4n) is 3.55. The van der Waals surface area contributed by atoms with Gasteiger partial charge in [0, 0.05) is 27.7 Å². The quantitative estimate of drug-likeness (QED) is 0.390. The highest BCUT2D eigenvalue weighted by Gasteiger charge is 2.31. The number of ether oxygens (including phenoxy) is 1. The fraction of sp³-hybridized carbons (Fsp3) is 0.160. The SMILES string of the molecule is CCCN1C(=O)/C(=C\c2cc(Br)ccc2OCc2ccc(F)cc2)c2ccccc21. The number of benzene rings is 3. The lowest BCUT2D eigenvalue weighted by Crippen LogP contribution is -2.26. The smallest absolute Gasteiger partial charge is 0.258 e. The Labute approximate surface area is 183 Å². The lowest BCUT2D eigenvalue weighted by Gasteiger charge is -2.15. The Kier molecular flexibility index (Phi) is 6.00. The van der Waals surface area contributed by atoms with Crippen LogP contribution >= 0.6 is 15.9 Å². The van der Waals surface area contributed by atoms with Crippen LogP contribution in [0, 0.1) is 5.82 Å². The first-order valence-electron chi connectivity index (χ1n) is 9.86. The van der Waals surface area contributed by atoms with E-state index in [0.717, 1.165) is 33.3 Å². The molecule has 1 heterocycles. The standard InChI is InChI=1S/C25H21BrFNO2/c1-2-13-28-23-6-4-3-5-21(23)22(25(28)29)15-18-14-19(26)9-12-24(18)30-16-17-7-10-20(27)11-8-17/h3-12,14-15H,2,13,16H2,1H3/b22-15-. The van der Waals surface area contributed by atoms with E-state index in [9.17, 15) is 9.18 Å². The Morgan fingerprint density at radius 3 is 2.60 bits per heavy atom. The minimum atomic E-state index is -0.275. The van der Waals surface area contributed by atoms with Gasteiger partial charge in [0.15, 0.2) is 0 Å². The van der Waals surface area contributed by atoms with Crippen molar-refractivity contribution >= 4 is 39.2 Å². The Morgan fingerprint density at radius 2 is 1.83 bits per heavy atom. The van der Waals surface area contributed by atoms with Crippen molar-refractivity contribution in [3.8, 4) is 5.75 Å². The molecule has 0 N–H and O–H groups in total. The summed E-state index contributed by atoms with van der Waals surface area (Å²) < 4.78 is 20.0. The highest BCUT2D eigenvalue weighted by molar-refractivity contribution is 9.10. The second kappa shape index (κ2) is 8.84. The molecule has 1 aliphatic rings. The predicted molar refractivity (Wildman–Crippen MR) is 122 cm³/mol. The average Bonchev–Trinajstić information content (AvgIpc) is 3.01. The van der Waals surface area contributed by atoms with Crippen LogP contribution in [-0.2, 0) is 11.4 Å². The lowest BCUT2D eigenvalue weighted by molar-refractivity contribution is -0.113. The second-order valence-electron chi connectivity index (χ2n) is 7.13. The molecule has 5 heteroatoms. The van der Waals surface area contributed by atoms with E-state index in [-0.39, 0.29) is 11.7 Å². The molecule has 0 fully saturated rings. The largest absolute Gasteiger partial charge is 0.488 e. The third-order valence-corrected chi connectivity index (χ3v) is 5.48. The van der Waals surface area contributed by atoms with E-state index in [1.54, 1.807) is 12.1 Å². The molecule has 3 aromatic carbocycles. The minimum Gasteiger partial charge on any atom is -0.488 e. The third kappa shape index (κ3) is 4.17. The zero-order chi connectivity index (χ0) is 21.1. The summed E-state index contributed by atoms with van der Waals surface area (Å²) in [6.45, 7) is 3.05. The summed E-state index contributed by atoms with van der Waals surface area (Å²) >= 11 is 3.51. The molecule has 0 aliphatic carbocycles. The van der Waals surface area contributed by atoms with Crippen molar-refractivity contribution in [2.45, 2.75) is 20.0 Å². The Morgan fingerprint density at radius 1 is 1.07 bits per heavy atom. The van der Waals surface area contributed by atoms with Crippen molar-refractivity contribution < 1.29 is 13.9 Å². The van der Waals surface area contributed by atoms with Crippen molar-refractivity contribution in [1.82, 2.24) is 0 Å². The lowest BCUT2D eigenvalue weighted by atomic mass is 10.0. The first-order chi connectivity index (χ1) is 14.6. The summed E-state index contributed by atoms with van der Waals surface area (Å²) in [6, 6.07) is 19.8. The number of amides is 1. The number of hydrogen-bond acceptors (Lipinski definition) is 2. The van der Waals surface area contributed by atoms with Gasteiger partial charge < -0.3 is 9.64 Å². The number of carbonyl (C=O) groups is 1. The van der Waals surface area contributed by atoms with Crippen LogP contribution < -0.4 is 9.64 Å². The van der Waals surface area contributed by atoms with Crippen molar-refractivity contribution in [2.75, 3.05) is 11.4 Å². The summed E-state index contributed by atoms with van der Waals surface area (Å²) in [4.78, 5) is 15.0. The van der Waals surface area contributed by atoms with Crippen molar-refractivity contribution in [2.24, 2.45) is 0 Å². The number of fused-ring (bicyclic) bond motifs is 1. The third-order valence-electron chi connectivity index (χ3n) is 4.99. The van der Waals surface area contributed by atoms with Crippen LogP contribution in [0.3, 0.4) is 0 Å². The summed E-state index contributed by atoms with van der Waals surface area (Å²) in [5.41, 5.74) is 4.21. The van der Waals surface area contributed by atoms with Gasteiger partial charge in [0.25, 0.3) is 5.91 Å². The van der Waals surface area contributed by atoms with Crippen molar-refractivity contribution in [3.05, 3.63) is 93.7 Å². The molecule has 0 bridgehead atoms. The maximum atomic E-state index is 13.1. The average molecular weight is 466 g/mol. The maximum Gasteiger partial charge on any atom is 0.258 e. The maximum absolute atomic E-state index is 13.1. The van der Waals surface area contributed by atoms with E-state index in [4.69, 9.17) is 4.74 Å². The Hall–Kier alpha value is -2.92. The predicted octanol–water partition coefficient (Wildman–Crippen LogP) is 6.46. The molecular formula is C25H21BrFNO2. The molecule has 0 saturated carbocycles. The second-order valence-corrected chi connectivity index (χ2v) is 8.04. The molecule has 0 radical (unpaired) electrons. The van der Waals surface area contributed by atoms with Gasteiger partial charge in [-0.25, -0.2) is 4.39 Å². The van der Waals surface area contributed by atoms with Gasteiger partial charge in [-0.3, -0.25) is 4.79 Å². The van der Waals surface area contributed by atoms with Gasteiger partial charge in [0.1, 0.15) is 18.2 Å². The van der Waals surface area contributed by atoms with Crippen LogP contribution in [0.1, 0.15) is 30.0 Å². The van der Waals surface area contributed by atoms with Crippen LogP contribution in [0.5, 0.6) is 5.75 Å². The van der Waals surface area contributed by atoms with Crippen molar-refractivity contribution in [3.63, 3.8) is 0 Å². The summed E-state index contributed by atoms with van der Waals surface area (Å²) in [5, 5.41) is 0. The van der Waals surface area contributed by atoms with E-state index in [2.05, 4.69) is 22.9 Å². The van der Waals surface area contributed by atoms with Gasteiger partial charge in [-0.1, -0.05) is 53.2 Å². The summed E-state index contributed by atoms with van der Waals surface area (Å²) in [5.74, 6) is 0.389. The highest BCUT2D eigenvalue weighted by atomic mass is 79.9. The van der Waals surface area contributed by atoms with Crippen LogP contribution in [0.25, 0.3) is 11.6 Å².